The number of hydrogen-bond acceptors (Lipinski definition) is 5. The molecule has 6 nitrogen and oxygen atoms in total. The molecule has 2 aromatic carbocycles. The Bertz CT molecular complexity index is 1130. The van der Waals surface area contributed by atoms with Gasteiger partial charge >= 0.3 is 0 Å². The first kappa shape index (κ1) is 24.1. The molecule has 0 unspecified atom stereocenters. The van der Waals surface area contributed by atoms with Crippen LogP contribution in [-0.4, -0.2) is 36.7 Å². The van der Waals surface area contributed by atoms with Gasteiger partial charge in [0.25, 0.3) is 5.91 Å². The molecule has 3 aromatic rings. The van der Waals surface area contributed by atoms with E-state index >= 15 is 0 Å². The Morgan fingerprint density at radius 3 is 2.16 bits per heavy atom. The maximum absolute atomic E-state index is 12.9. The van der Waals surface area contributed by atoms with E-state index in [1.54, 1.807) is 0 Å². The van der Waals surface area contributed by atoms with Gasteiger partial charge in [-0.15, -0.1) is 11.3 Å². The standard InChI is InChI=1S/C24H29N3O3S2/c1-4-15-27(16-5-2)32(29,30)21-13-11-20(12-14-21)23(28)26-24-25-22(17-31-24)19-9-7-18(6-3)8-10-19/h7-14,17H,4-6,15-16H2,1-3H3,(H,25,26,28). The lowest BCUT2D eigenvalue weighted by molar-refractivity contribution is 0.102. The van der Waals surface area contributed by atoms with Crippen LogP contribution in [0.4, 0.5) is 5.13 Å². The summed E-state index contributed by atoms with van der Waals surface area (Å²) < 4.78 is 27.3. The summed E-state index contributed by atoms with van der Waals surface area (Å²) in [5.74, 6) is -0.324. The van der Waals surface area contributed by atoms with Crippen LogP contribution >= 0.6 is 11.3 Å². The molecule has 1 N–H and O–H groups in total. The van der Waals surface area contributed by atoms with E-state index in [0.29, 0.717) is 23.8 Å². The summed E-state index contributed by atoms with van der Waals surface area (Å²) in [4.78, 5) is 17.3. The topological polar surface area (TPSA) is 79.4 Å². The maximum atomic E-state index is 12.9. The van der Waals surface area contributed by atoms with Gasteiger partial charge in [-0.2, -0.15) is 4.31 Å². The molecule has 32 heavy (non-hydrogen) atoms. The predicted octanol–water partition coefficient (Wildman–Crippen LogP) is 5.44. The van der Waals surface area contributed by atoms with Crippen LogP contribution in [0.1, 0.15) is 49.5 Å². The monoisotopic (exact) mass is 471 g/mol. The van der Waals surface area contributed by atoms with Crippen molar-refractivity contribution in [1.29, 1.82) is 0 Å². The molecule has 0 saturated heterocycles. The zero-order valence-electron chi connectivity index (χ0n) is 18.7. The summed E-state index contributed by atoms with van der Waals surface area (Å²) >= 11 is 1.35. The first-order chi connectivity index (χ1) is 15.4. The molecule has 0 spiro atoms. The molecule has 170 valence electrons. The van der Waals surface area contributed by atoms with E-state index in [4.69, 9.17) is 0 Å². The summed E-state index contributed by atoms with van der Waals surface area (Å²) in [6.07, 6.45) is 2.48. The van der Waals surface area contributed by atoms with Crippen LogP contribution in [0, 0.1) is 0 Å². The van der Waals surface area contributed by atoms with Gasteiger partial charge in [0.1, 0.15) is 0 Å². The number of hydrogen-bond donors (Lipinski definition) is 1. The minimum atomic E-state index is -3.57. The lowest BCUT2D eigenvalue weighted by atomic mass is 10.1. The zero-order chi connectivity index (χ0) is 23.1. The van der Waals surface area contributed by atoms with Gasteiger partial charge < -0.3 is 0 Å². The van der Waals surface area contributed by atoms with Crippen LogP contribution in [-0.2, 0) is 16.4 Å². The molecule has 3 rings (SSSR count). The molecule has 1 aromatic heterocycles. The number of thiazole rings is 1. The molecule has 0 radical (unpaired) electrons. The van der Waals surface area contributed by atoms with Crippen molar-refractivity contribution < 1.29 is 13.2 Å². The fourth-order valence-corrected chi connectivity index (χ4v) is 5.66. The number of carbonyl (C=O) groups excluding carboxylic acids is 1. The van der Waals surface area contributed by atoms with Crippen LogP contribution in [0.15, 0.2) is 58.8 Å². The number of nitrogens with zero attached hydrogens (tertiary/aromatic N) is 2. The fourth-order valence-electron chi connectivity index (χ4n) is 3.32. The van der Waals surface area contributed by atoms with Crippen molar-refractivity contribution in [3.63, 3.8) is 0 Å². The van der Waals surface area contributed by atoms with Crippen molar-refractivity contribution in [3.8, 4) is 11.3 Å². The normalized spacial score (nSPS) is 11.6. The van der Waals surface area contributed by atoms with Crippen LogP contribution in [0.3, 0.4) is 0 Å². The van der Waals surface area contributed by atoms with Gasteiger partial charge in [0.15, 0.2) is 5.13 Å². The third kappa shape index (κ3) is 5.62. The van der Waals surface area contributed by atoms with E-state index in [1.807, 2.05) is 31.4 Å². The van der Waals surface area contributed by atoms with Crippen molar-refractivity contribution in [2.75, 3.05) is 18.4 Å². The number of benzene rings is 2. The van der Waals surface area contributed by atoms with E-state index < -0.39 is 10.0 Å². The van der Waals surface area contributed by atoms with E-state index in [-0.39, 0.29) is 10.8 Å². The third-order valence-electron chi connectivity index (χ3n) is 5.08. The van der Waals surface area contributed by atoms with E-state index in [2.05, 4.69) is 29.4 Å². The molecule has 0 saturated carbocycles. The number of anilines is 1. The highest BCUT2D eigenvalue weighted by Crippen LogP contribution is 2.26. The lowest BCUT2D eigenvalue weighted by Gasteiger charge is -2.21. The van der Waals surface area contributed by atoms with Gasteiger partial charge in [0.2, 0.25) is 10.0 Å². The van der Waals surface area contributed by atoms with Crippen molar-refractivity contribution in [3.05, 3.63) is 65.0 Å². The Hall–Kier alpha value is -2.55. The van der Waals surface area contributed by atoms with Gasteiger partial charge in [0.05, 0.1) is 10.6 Å². The second-order valence-electron chi connectivity index (χ2n) is 7.47. The summed E-state index contributed by atoms with van der Waals surface area (Å²) in [6, 6.07) is 14.3. The van der Waals surface area contributed by atoms with Gasteiger partial charge in [-0.05, 0) is 49.1 Å². The highest BCUT2D eigenvalue weighted by molar-refractivity contribution is 7.89. The zero-order valence-corrected chi connectivity index (χ0v) is 20.3. The molecule has 8 heteroatoms. The van der Waals surface area contributed by atoms with Crippen molar-refractivity contribution >= 4 is 32.4 Å². The smallest absolute Gasteiger partial charge is 0.257 e. The number of amides is 1. The maximum Gasteiger partial charge on any atom is 0.257 e. The minimum Gasteiger partial charge on any atom is -0.298 e. The summed E-state index contributed by atoms with van der Waals surface area (Å²) in [6.45, 7) is 6.98. The number of rotatable bonds is 10. The lowest BCUT2D eigenvalue weighted by Crippen LogP contribution is -2.32. The number of nitrogens with one attached hydrogen (secondary N) is 1. The number of aromatic nitrogens is 1. The quantitative estimate of drug-likeness (QED) is 0.427. The Balaban J connectivity index is 1.70. The third-order valence-corrected chi connectivity index (χ3v) is 7.75. The average molecular weight is 472 g/mol. The predicted molar refractivity (Wildman–Crippen MR) is 131 cm³/mol. The number of aryl methyl sites for hydroxylation is 1. The fraction of sp³-hybridized carbons (Fsp3) is 0.333. The molecule has 0 aliphatic rings. The highest BCUT2D eigenvalue weighted by Gasteiger charge is 2.23. The van der Waals surface area contributed by atoms with Crippen LogP contribution in [0.2, 0.25) is 0 Å². The van der Waals surface area contributed by atoms with Crippen LogP contribution in [0.5, 0.6) is 0 Å². The van der Waals surface area contributed by atoms with Crippen molar-refractivity contribution in [2.45, 2.75) is 44.9 Å². The molecular formula is C24H29N3O3S2. The van der Waals surface area contributed by atoms with Gasteiger partial charge in [-0.3, -0.25) is 10.1 Å². The van der Waals surface area contributed by atoms with Crippen molar-refractivity contribution in [2.24, 2.45) is 0 Å². The summed E-state index contributed by atoms with van der Waals surface area (Å²) in [7, 11) is -3.57. The van der Waals surface area contributed by atoms with Crippen LogP contribution in [0.25, 0.3) is 11.3 Å². The largest absolute Gasteiger partial charge is 0.298 e. The first-order valence-electron chi connectivity index (χ1n) is 10.8. The first-order valence-corrected chi connectivity index (χ1v) is 13.2. The molecule has 1 amide bonds. The van der Waals surface area contributed by atoms with Gasteiger partial charge in [0, 0.05) is 29.6 Å². The van der Waals surface area contributed by atoms with Crippen LogP contribution < -0.4 is 5.32 Å². The summed E-state index contributed by atoms with van der Waals surface area (Å²) in [5.41, 5.74) is 3.44. The molecule has 0 bridgehead atoms. The van der Waals surface area contributed by atoms with Gasteiger partial charge in [-0.1, -0.05) is 45.0 Å². The second-order valence-corrected chi connectivity index (χ2v) is 10.3. The molecular weight excluding hydrogens is 442 g/mol. The second kappa shape index (κ2) is 10.8. The van der Waals surface area contributed by atoms with Gasteiger partial charge in [-0.25, -0.2) is 13.4 Å². The Morgan fingerprint density at radius 2 is 1.59 bits per heavy atom. The number of sulfonamides is 1. The molecule has 0 aliphatic carbocycles. The minimum absolute atomic E-state index is 0.197. The Kier molecular flexibility index (Phi) is 8.17. The van der Waals surface area contributed by atoms with E-state index in [9.17, 15) is 13.2 Å². The Morgan fingerprint density at radius 1 is 0.969 bits per heavy atom. The number of carbonyl (C=O) groups is 1. The molecule has 0 aliphatic heterocycles. The molecule has 0 fully saturated rings. The average Bonchev–Trinajstić information content (AvgIpc) is 3.27. The van der Waals surface area contributed by atoms with E-state index in [0.717, 1.165) is 30.5 Å². The summed E-state index contributed by atoms with van der Waals surface area (Å²) in [5, 5.41) is 5.20. The molecule has 1 heterocycles. The SMILES string of the molecule is CCCN(CCC)S(=O)(=O)c1ccc(C(=O)Nc2nc(-c3ccc(CC)cc3)cs2)cc1. The molecule has 0 atom stereocenters. The Labute approximate surface area is 194 Å². The van der Waals surface area contributed by atoms with Crippen molar-refractivity contribution in [1.82, 2.24) is 9.29 Å². The van der Waals surface area contributed by atoms with E-state index in [1.165, 1.54) is 45.5 Å². The highest BCUT2D eigenvalue weighted by atomic mass is 32.2.